The molecule has 0 bridgehead atoms. The van der Waals surface area contributed by atoms with Crippen LogP contribution in [0.5, 0.6) is 11.5 Å². The summed E-state index contributed by atoms with van der Waals surface area (Å²) in [5.74, 6) is 1.62. The Morgan fingerprint density at radius 2 is 1.59 bits per heavy atom. The molecule has 0 saturated carbocycles. The van der Waals surface area contributed by atoms with Crippen LogP contribution in [-0.4, -0.2) is 19.8 Å². The Morgan fingerprint density at radius 3 is 2.34 bits per heavy atom. The number of hydrogen-bond donors (Lipinski definition) is 2. The highest BCUT2D eigenvalue weighted by Crippen LogP contribution is 2.49. The first-order valence-electron chi connectivity index (χ1n) is 10.9. The summed E-state index contributed by atoms with van der Waals surface area (Å²) in [6.07, 6.45) is 0. The first-order valence-corrected chi connectivity index (χ1v) is 11.2. The Morgan fingerprint density at radius 1 is 0.906 bits per heavy atom. The summed E-state index contributed by atoms with van der Waals surface area (Å²) < 4.78 is 25.2. The number of rotatable bonds is 3. The van der Waals surface area contributed by atoms with Crippen LogP contribution >= 0.6 is 11.6 Å². The van der Waals surface area contributed by atoms with Gasteiger partial charge in [0, 0.05) is 35.8 Å². The van der Waals surface area contributed by atoms with Crippen molar-refractivity contribution in [3.63, 3.8) is 0 Å². The van der Waals surface area contributed by atoms with Crippen LogP contribution < -0.4 is 25.2 Å². The molecule has 6 rings (SSSR count). The maximum atomic E-state index is 13.5. The Kier molecular flexibility index (Phi) is 4.94. The fourth-order valence-electron chi connectivity index (χ4n) is 5.04. The second kappa shape index (κ2) is 7.96. The maximum absolute atomic E-state index is 13.5. The fraction of sp³-hybridized carbons (Fsp3) is 0.280. The zero-order chi connectivity index (χ0) is 21.7. The molecule has 7 heteroatoms. The lowest BCUT2D eigenvalue weighted by Gasteiger charge is -2.40. The number of fused-ring (bicyclic) bond motifs is 4. The van der Waals surface area contributed by atoms with E-state index in [2.05, 4.69) is 40.0 Å². The molecule has 3 atom stereocenters. The van der Waals surface area contributed by atoms with Gasteiger partial charge >= 0.3 is 0 Å². The number of nitrogens with one attached hydrogen (secondary N) is 2. The lowest BCUT2D eigenvalue weighted by Crippen LogP contribution is -2.39. The third-order valence-electron chi connectivity index (χ3n) is 6.56. The highest BCUT2D eigenvalue weighted by Gasteiger charge is 2.44. The molecule has 0 radical (unpaired) electrons. The number of hydrogen-bond acceptors (Lipinski definition) is 5. The Hall–Kier alpha value is -2.80. The van der Waals surface area contributed by atoms with Crippen molar-refractivity contribution in [2.75, 3.05) is 24.7 Å². The van der Waals surface area contributed by atoms with Crippen LogP contribution in [0.3, 0.4) is 0 Å². The van der Waals surface area contributed by atoms with Crippen molar-refractivity contribution < 1.29 is 13.9 Å². The van der Waals surface area contributed by atoms with Crippen LogP contribution in [0.4, 0.5) is 10.1 Å². The summed E-state index contributed by atoms with van der Waals surface area (Å²) >= 11 is 6.12. The SMILES string of the molecule is Fc1ccc(CN2CC3C(c4ccc(Cl)cc4)NNC3c3cc4c(cc32)OCCO4)cc1. The average molecular weight is 452 g/mol. The zero-order valence-corrected chi connectivity index (χ0v) is 18.1. The second-order valence-corrected chi connectivity index (χ2v) is 8.96. The molecule has 3 aliphatic rings. The Bertz CT molecular complexity index is 1140. The van der Waals surface area contributed by atoms with E-state index >= 15 is 0 Å². The van der Waals surface area contributed by atoms with Crippen molar-refractivity contribution >= 4 is 17.3 Å². The normalized spacial score (nSPS) is 23.6. The van der Waals surface area contributed by atoms with Crippen molar-refractivity contribution in [2.24, 2.45) is 5.92 Å². The molecule has 3 aromatic rings. The van der Waals surface area contributed by atoms with Crippen LogP contribution in [0.2, 0.25) is 5.02 Å². The van der Waals surface area contributed by atoms with Gasteiger partial charge in [0.2, 0.25) is 0 Å². The van der Waals surface area contributed by atoms with Gasteiger partial charge in [-0.2, -0.15) is 0 Å². The highest BCUT2D eigenvalue weighted by molar-refractivity contribution is 6.30. The minimum Gasteiger partial charge on any atom is -0.486 e. The first-order chi connectivity index (χ1) is 15.7. The van der Waals surface area contributed by atoms with Crippen molar-refractivity contribution in [2.45, 2.75) is 18.6 Å². The van der Waals surface area contributed by atoms with E-state index in [1.807, 2.05) is 24.3 Å². The van der Waals surface area contributed by atoms with E-state index in [4.69, 9.17) is 21.1 Å². The standard InChI is InChI=1S/C25H23ClFN3O2/c26-17-5-3-16(4-6-17)24-20-14-30(13-15-1-7-18(27)8-2-15)21-12-23-22(31-9-10-32-23)11-19(21)25(20)29-28-24/h1-8,11-12,20,24-25,28-29H,9-10,13-14H2. The van der Waals surface area contributed by atoms with E-state index in [0.29, 0.717) is 19.8 Å². The quantitative estimate of drug-likeness (QED) is 0.600. The summed E-state index contributed by atoms with van der Waals surface area (Å²) in [5.41, 5.74) is 11.6. The van der Waals surface area contributed by atoms with Gasteiger partial charge in [-0.1, -0.05) is 35.9 Å². The predicted octanol–water partition coefficient (Wildman–Crippen LogP) is 4.78. The van der Waals surface area contributed by atoms with Gasteiger partial charge in [-0.15, -0.1) is 0 Å². The van der Waals surface area contributed by atoms with Crippen LogP contribution in [0.25, 0.3) is 0 Å². The van der Waals surface area contributed by atoms with E-state index in [1.54, 1.807) is 0 Å². The molecule has 3 heterocycles. The van der Waals surface area contributed by atoms with Crippen LogP contribution in [-0.2, 0) is 6.54 Å². The molecule has 1 fully saturated rings. The third-order valence-corrected chi connectivity index (χ3v) is 6.82. The lowest BCUT2D eigenvalue weighted by molar-refractivity contribution is 0.171. The maximum Gasteiger partial charge on any atom is 0.163 e. The molecule has 32 heavy (non-hydrogen) atoms. The van der Waals surface area contributed by atoms with Gasteiger partial charge in [0.25, 0.3) is 0 Å². The number of hydrazine groups is 1. The molecule has 0 spiro atoms. The lowest BCUT2D eigenvalue weighted by atomic mass is 9.81. The number of ether oxygens (including phenoxy) is 2. The van der Waals surface area contributed by atoms with E-state index < -0.39 is 0 Å². The summed E-state index contributed by atoms with van der Waals surface area (Å²) in [6.45, 7) is 2.62. The molecule has 0 aliphatic carbocycles. The second-order valence-electron chi connectivity index (χ2n) is 8.52. The van der Waals surface area contributed by atoms with Gasteiger partial charge in [0.15, 0.2) is 11.5 Å². The summed E-state index contributed by atoms with van der Waals surface area (Å²) in [7, 11) is 0. The predicted molar refractivity (Wildman–Crippen MR) is 122 cm³/mol. The van der Waals surface area contributed by atoms with Crippen LogP contribution in [0, 0.1) is 11.7 Å². The minimum absolute atomic E-state index is 0.131. The number of nitrogens with zero attached hydrogens (tertiary/aromatic N) is 1. The summed E-state index contributed by atoms with van der Waals surface area (Å²) in [6, 6.07) is 19.2. The van der Waals surface area contributed by atoms with E-state index in [0.717, 1.165) is 34.3 Å². The molecule has 3 aromatic carbocycles. The Balaban J connectivity index is 1.40. The van der Waals surface area contributed by atoms with Crippen molar-refractivity contribution in [1.29, 1.82) is 0 Å². The summed E-state index contributed by atoms with van der Waals surface area (Å²) in [4.78, 5) is 2.36. The van der Waals surface area contributed by atoms with Crippen molar-refractivity contribution in [1.82, 2.24) is 10.9 Å². The van der Waals surface area contributed by atoms with Gasteiger partial charge in [-0.05, 0) is 47.0 Å². The molecule has 1 saturated heterocycles. The van der Waals surface area contributed by atoms with Crippen LogP contribution in [0.15, 0.2) is 60.7 Å². The number of benzene rings is 3. The largest absolute Gasteiger partial charge is 0.486 e. The van der Waals surface area contributed by atoms with Gasteiger partial charge < -0.3 is 14.4 Å². The number of anilines is 1. The molecule has 0 aromatic heterocycles. The molecule has 164 valence electrons. The Labute approximate surface area is 191 Å². The van der Waals surface area contributed by atoms with Gasteiger partial charge in [0.05, 0.1) is 12.1 Å². The van der Waals surface area contributed by atoms with Crippen LogP contribution in [0.1, 0.15) is 28.8 Å². The van der Waals surface area contributed by atoms with Crippen molar-refractivity contribution in [3.05, 3.63) is 88.2 Å². The molecular formula is C25H23ClFN3O2. The molecule has 5 nitrogen and oxygen atoms in total. The van der Waals surface area contributed by atoms with E-state index in [9.17, 15) is 4.39 Å². The highest BCUT2D eigenvalue weighted by atomic mass is 35.5. The van der Waals surface area contributed by atoms with E-state index in [-0.39, 0.29) is 23.8 Å². The zero-order valence-electron chi connectivity index (χ0n) is 17.4. The van der Waals surface area contributed by atoms with Gasteiger partial charge in [-0.25, -0.2) is 15.2 Å². The molecular weight excluding hydrogens is 429 g/mol. The third kappa shape index (κ3) is 3.48. The monoisotopic (exact) mass is 451 g/mol. The topological polar surface area (TPSA) is 45.8 Å². The molecule has 2 N–H and O–H groups in total. The van der Waals surface area contributed by atoms with Gasteiger partial charge in [-0.3, -0.25) is 0 Å². The smallest absolute Gasteiger partial charge is 0.163 e. The van der Waals surface area contributed by atoms with Crippen molar-refractivity contribution in [3.8, 4) is 11.5 Å². The minimum atomic E-state index is -0.223. The summed E-state index contributed by atoms with van der Waals surface area (Å²) in [5, 5.41) is 0.729. The molecule has 3 unspecified atom stereocenters. The fourth-order valence-corrected chi connectivity index (χ4v) is 5.16. The molecule has 3 aliphatic heterocycles. The van der Waals surface area contributed by atoms with E-state index in [1.165, 1.54) is 23.3 Å². The van der Waals surface area contributed by atoms with Gasteiger partial charge in [0.1, 0.15) is 19.0 Å². The molecule has 0 amide bonds. The number of halogens is 2. The average Bonchev–Trinajstić information content (AvgIpc) is 3.24. The first kappa shape index (κ1) is 19.9.